The monoisotopic (exact) mass is 281 g/mol. The van der Waals surface area contributed by atoms with Crippen LogP contribution in [0.25, 0.3) is 11.3 Å². The third-order valence-corrected chi connectivity index (χ3v) is 3.48. The molecule has 4 heteroatoms. The zero-order valence-corrected chi connectivity index (χ0v) is 11.7. The number of aromatic amines is 1. The Kier molecular flexibility index (Phi) is 3.69. The van der Waals surface area contributed by atoms with Crippen molar-refractivity contribution in [1.29, 1.82) is 0 Å². The molecule has 1 heterocycles. The van der Waals surface area contributed by atoms with Gasteiger partial charge in [-0.1, -0.05) is 18.2 Å². The first-order valence-electron chi connectivity index (χ1n) is 6.80. The van der Waals surface area contributed by atoms with Crippen molar-refractivity contribution in [2.75, 3.05) is 5.32 Å². The first-order valence-corrected chi connectivity index (χ1v) is 6.80. The zero-order valence-electron chi connectivity index (χ0n) is 11.7. The average molecular weight is 281 g/mol. The van der Waals surface area contributed by atoms with Gasteiger partial charge in [-0.05, 0) is 47.9 Å². The van der Waals surface area contributed by atoms with Crippen molar-refractivity contribution in [3.63, 3.8) is 0 Å². The number of anilines is 1. The Bertz CT molecular complexity index is 718. The average Bonchev–Trinajstić information content (AvgIpc) is 3.01. The molecule has 3 nitrogen and oxygen atoms in total. The number of aryl methyl sites for hydroxylation is 1. The fourth-order valence-corrected chi connectivity index (χ4v) is 2.24. The maximum atomic E-state index is 13.1. The number of hydrogen-bond acceptors (Lipinski definition) is 2. The Hall–Kier alpha value is -2.62. The van der Waals surface area contributed by atoms with Crippen LogP contribution >= 0.6 is 0 Å². The molecule has 0 saturated carbocycles. The summed E-state index contributed by atoms with van der Waals surface area (Å²) in [5.41, 5.74) is 5.17. The molecule has 0 fully saturated rings. The van der Waals surface area contributed by atoms with E-state index in [1.165, 1.54) is 6.07 Å². The van der Waals surface area contributed by atoms with Crippen LogP contribution in [0.1, 0.15) is 11.1 Å². The van der Waals surface area contributed by atoms with Crippen LogP contribution in [-0.2, 0) is 6.54 Å². The molecule has 0 radical (unpaired) electrons. The van der Waals surface area contributed by atoms with Gasteiger partial charge in [0.05, 0.1) is 18.2 Å². The van der Waals surface area contributed by atoms with Crippen LogP contribution in [0.3, 0.4) is 0 Å². The SMILES string of the molecule is Cc1cc(F)ccc1CNc1ccc(-c2cnc[nH]2)cc1. The second-order valence-electron chi connectivity index (χ2n) is 4.97. The highest BCUT2D eigenvalue weighted by Gasteiger charge is 2.01. The number of H-pyrrole nitrogens is 1. The van der Waals surface area contributed by atoms with E-state index in [1.54, 1.807) is 18.6 Å². The summed E-state index contributed by atoms with van der Waals surface area (Å²) in [6.45, 7) is 2.59. The Morgan fingerprint density at radius 3 is 2.62 bits per heavy atom. The molecule has 1 aromatic heterocycles. The van der Waals surface area contributed by atoms with Gasteiger partial charge in [-0.2, -0.15) is 0 Å². The molecule has 0 amide bonds. The van der Waals surface area contributed by atoms with Crippen LogP contribution in [0.15, 0.2) is 55.0 Å². The van der Waals surface area contributed by atoms with Gasteiger partial charge < -0.3 is 10.3 Å². The minimum atomic E-state index is -0.194. The molecule has 0 saturated heterocycles. The lowest BCUT2D eigenvalue weighted by Crippen LogP contribution is -2.01. The van der Waals surface area contributed by atoms with Gasteiger partial charge in [0.1, 0.15) is 5.82 Å². The molecule has 3 aromatic rings. The number of rotatable bonds is 4. The highest BCUT2D eigenvalue weighted by atomic mass is 19.1. The summed E-state index contributed by atoms with van der Waals surface area (Å²) in [5, 5.41) is 3.35. The number of imidazole rings is 1. The van der Waals surface area contributed by atoms with Crippen molar-refractivity contribution < 1.29 is 4.39 Å². The summed E-state index contributed by atoms with van der Waals surface area (Å²) < 4.78 is 13.1. The summed E-state index contributed by atoms with van der Waals surface area (Å²) in [6, 6.07) is 13.0. The van der Waals surface area contributed by atoms with Crippen molar-refractivity contribution >= 4 is 5.69 Å². The van der Waals surface area contributed by atoms with Gasteiger partial charge in [0, 0.05) is 12.2 Å². The maximum absolute atomic E-state index is 13.1. The summed E-state index contributed by atoms with van der Waals surface area (Å²) in [7, 11) is 0. The lowest BCUT2D eigenvalue weighted by atomic mass is 10.1. The van der Waals surface area contributed by atoms with Crippen LogP contribution in [0.4, 0.5) is 10.1 Å². The molecule has 0 aliphatic heterocycles. The molecule has 21 heavy (non-hydrogen) atoms. The Balaban J connectivity index is 1.68. The van der Waals surface area contributed by atoms with Crippen LogP contribution in [0, 0.1) is 12.7 Å². The second-order valence-corrected chi connectivity index (χ2v) is 4.97. The van der Waals surface area contributed by atoms with Gasteiger partial charge in [-0.25, -0.2) is 9.37 Å². The molecule has 0 unspecified atom stereocenters. The molecule has 0 atom stereocenters. The highest BCUT2D eigenvalue weighted by Crippen LogP contribution is 2.19. The first kappa shape index (κ1) is 13.4. The van der Waals surface area contributed by atoms with Crippen molar-refractivity contribution in [1.82, 2.24) is 9.97 Å². The quantitative estimate of drug-likeness (QED) is 0.754. The van der Waals surface area contributed by atoms with Crippen molar-refractivity contribution in [2.45, 2.75) is 13.5 Å². The highest BCUT2D eigenvalue weighted by molar-refractivity contribution is 5.62. The fraction of sp³-hybridized carbons (Fsp3) is 0.118. The van der Waals surface area contributed by atoms with E-state index >= 15 is 0 Å². The molecular formula is C17H16FN3. The van der Waals surface area contributed by atoms with E-state index in [2.05, 4.69) is 15.3 Å². The predicted octanol–water partition coefficient (Wildman–Crippen LogP) is 4.14. The number of aromatic nitrogens is 2. The number of nitrogens with one attached hydrogen (secondary N) is 2. The fourth-order valence-electron chi connectivity index (χ4n) is 2.24. The van der Waals surface area contributed by atoms with E-state index in [0.717, 1.165) is 28.1 Å². The van der Waals surface area contributed by atoms with Gasteiger partial charge in [-0.15, -0.1) is 0 Å². The summed E-state index contributed by atoms with van der Waals surface area (Å²) >= 11 is 0. The van der Waals surface area contributed by atoms with Gasteiger partial charge >= 0.3 is 0 Å². The molecule has 0 spiro atoms. The van der Waals surface area contributed by atoms with Crippen molar-refractivity contribution in [2.24, 2.45) is 0 Å². The summed E-state index contributed by atoms with van der Waals surface area (Å²) in [5.74, 6) is -0.194. The minimum absolute atomic E-state index is 0.194. The van der Waals surface area contributed by atoms with Crippen LogP contribution in [0.5, 0.6) is 0 Å². The van der Waals surface area contributed by atoms with Crippen LogP contribution in [0.2, 0.25) is 0 Å². The maximum Gasteiger partial charge on any atom is 0.123 e. The molecule has 0 aliphatic rings. The molecule has 3 rings (SSSR count). The molecule has 0 bridgehead atoms. The Morgan fingerprint density at radius 2 is 1.95 bits per heavy atom. The van der Waals surface area contributed by atoms with E-state index in [1.807, 2.05) is 37.3 Å². The largest absolute Gasteiger partial charge is 0.381 e. The van der Waals surface area contributed by atoms with E-state index in [-0.39, 0.29) is 5.82 Å². The lowest BCUT2D eigenvalue weighted by molar-refractivity contribution is 0.625. The Labute approximate surface area is 122 Å². The lowest BCUT2D eigenvalue weighted by Gasteiger charge is -2.09. The molecule has 2 N–H and O–H groups in total. The third-order valence-electron chi connectivity index (χ3n) is 3.48. The minimum Gasteiger partial charge on any atom is -0.381 e. The van der Waals surface area contributed by atoms with Gasteiger partial charge in [0.25, 0.3) is 0 Å². The van der Waals surface area contributed by atoms with Gasteiger partial charge in [-0.3, -0.25) is 0 Å². The third kappa shape index (κ3) is 3.11. The van der Waals surface area contributed by atoms with E-state index in [4.69, 9.17) is 0 Å². The number of halogens is 1. The van der Waals surface area contributed by atoms with Gasteiger partial charge in [0.2, 0.25) is 0 Å². The normalized spacial score (nSPS) is 10.6. The van der Waals surface area contributed by atoms with E-state index in [9.17, 15) is 4.39 Å². The van der Waals surface area contributed by atoms with E-state index in [0.29, 0.717) is 6.54 Å². The molecular weight excluding hydrogens is 265 g/mol. The molecule has 106 valence electrons. The summed E-state index contributed by atoms with van der Waals surface area (Å²) in [6.07, 6.45) is 3.46. The number of nitrogens with zero attached hydrogens (tertiary/aromatic N) is 1. The predicted molar refractivity (Wildman–Crippen MR) is 82.5 cm³/mol. The first-order chi connectivity index (χ1) is 10.2. The van der Waals surface area contributed by atoms with Crippen LogP contribution < -0.4 is 5.32 Å². The standard InChI is InChI=1S/C17H16FN3/c1-12-8-15(18)5-2-14(12)9-20-16-6-3-13(4-7-16)17-10-19-11-21-17/h2-8,10-11,20H,9H2,1H3,(H,19,21). The van der Waals surface area contributed by atoms with E-state index < -0.39 is 0 Å². The molecule has 2 aromatic carbocycles. The second kappa shape index (κ2) is 5.79. The van der Waals surface area contributed by atoms with Crippen molar-refractivity contribution in [3.05, 3.63) is 71.9 Å². The van der Waals surface area contributed by atoms with Gasteiger partial charge in [0.15, 0.2) is 0 Å². The topological polar surface area (TPSA) is 40.7 Å². The summed E-state index contributed by atoms with van der Waals surface area (Å²) in [4.78, 5) is 7.09. The molecule has 0 aliphatic carbocycles. The van der Waals surface area contributed by atoms with Crippen molar-refractivity contribution in [3.8, 4) is 11.3 Å². The number of benzene rings is 2. The zero-order chi connectivity index (χ0) is 14.7. The number of hydrogen-bond donors (Lipinski definition) is 2. The Morgan fingerprint density at radius 1 is 1.14 bits per heavy atom. The smallest absolute Gasteiger partial charge is 0.123 e. The van der Waals surface area contributed by atoms with Crippen LogP contribution in [-0.4, -0.2) is 9.97 Å².